The van der Waals surface area contributed by atoms with Gasteiger partial charge in [-0.1, -0.05) is 19.4 Å². The highest BCUT2D eigenvalue weighted by Gasteiger charge is 2.25. The van der Waals surface area contributed by atoms with Gasteiger partial charge in [0, 0.05) is 12.1 Å². The molecule has 0 aromatic heterocycles. The number of fused-ring (bicyclic) bond motifs is 1. The molecule has 1 aliphatic carbocycles. The van der Waals surface area contributed by atoms with Crippen LogP contribution in [0, 0.1) is 5.92 Å². The topological polar surface area (TPSA) is 30.5 Å². The first-order valence-corrected chi connectivity index (χ1v) is 6.89. The maximum atomic E-state index is 5.43. The molecule has 3 rings (SSSR count). The lowest BCUT2D eigenvalue weighted by Gasteiger charge is -2.23. The molecule has 3 heteroatoms. The number of ether oxygens (including phenoxy) is 2. The lowest BCUT2D eigenvalue weighted by atomic mass is 10.0. The van der Waals surface area contributed by atoms with Crippen LogP contribution < -0.4 is 14.8 Å². The summed E-state index contributed by atoms with van der Waals surface area (Å²) >= 11 is 0. The van der Waals surface area contributed by atoms with Gasteiger partial charge in [-0.3, -0.25) is 0 Å². The van der Waals surface area contributed by atoms with Crippen LogP contribution in [0.5, 0.6) is 11.5 Å². The third kappa shape index (κ3) is 2.19. The summed E-state index contributed by atoms with van der Waals surface area (Å²) in [6.45, 7) is 4.92. The monoisotopic (exact) mass is 247 g/mol. The van der Waals surface area contributed by atoms with Crippen LogP contribution >= 0.6 is 0 Å². The van der Waals surface area contributed by atoms with Gasteiger partial charge in [-0.2, -0.15) is 0 Å². The number of benzene rings is 1. The van der Waals surface area contributed by atoms with Gasteiger partial charge in [0.15, 0.2) is 11.5 Å². The molecule has 0 bridgehead atoms. The second-order valence-electron chi connectivity index (χ2n) is 5.52. The first kappa shape index (κ1) is 11.8. The lowest BCUT2D eigenvalue weighted by Crippen LogP contribution is -2.33. The minimum Gasteiger partial charge on any atom is -0.454 e. The SMILES string of the molecule is CC(NC1CCCC1C)c1ccc2c(c1)OCO2. The average Bonchev–Trinajstić information content (AvgIpc) is 2.98. The maximum Gasteiger partial charge on any atom is 0.231 e. The Labute approximate surface area is 108 Å². The summed E-state index contributed by atoms with van der Waals surface area (Å²) < 4.78 is 10.8. The molecule has 2 aliphatic rings. The van der Waals surface area contributed by atoms with Gasteiger partial charge in [0.25, 0.3) is 0 Å². The Morgan fingerprint density at radius 2 is 2.06 bits per heavy atom. The molecule has 0 radical (unpaired) electrons. The first-order chi connectivity index (χ1) is 8.74. The molecule has 1 saturated carbocycles. The fourth-order valence-corrected chi connectivity index (χ4v) is 2.99. The van der Waals surface area contributed by atoms with Gasteiger partial charge < -0.3 is 14.8 Å². The largest absolute Gasteiger partial charge is 0.454 e. The predicted molar refractivity (Wildman–Crippen MR) is 70.9 cm³/mol. The Balaban J connectivity index is 1.70. The smallest absolute Gasteiger partial charge is 0.231 e. The molecule has 1 N–H and O–H groups in total. The van der Waals surface area contributed by atoms with Gasteiger partial charge in [0.1, 0.15) is 0 Å². The third-order valence-corrected chi connectivity index (χ3v) is 4.22. The van der Waals surface area contributed by atoms with Crippen LogP contribution in [0.25, 0.3) is 0 Å². The van der Waals surface area contributed by atoms with Gasteiger partial charge in [0.2, 0.25) is 6.79 Å². The van der Waals surface area contributed by atoms with E-state index in [2.05, 4.69) is 31.3 Å². The fourth-order valence-electron chi connectivity index (χ4n) is 2.99. The molecule has 98 valence electrons. The van der Waals surface area contributed by atoms with Crippen molar-refractivity contribution in [3.05, 3.63) is 23.8 Å². The lowest BCUT2D eigenvalue weighted by molar-refractivity contribution is 0.174. The molecule has 18 heavy (non-hydrogen) atoms. The summed E-state index contributed by atoms with van der Waals surface area (Å²) in [5, 5.41) is 3.74. The van der Waals surface area contributed by atoms with Crippen molar-refractivity contribution in [3.8, 4) is 11.5 Å². The van der Waals surface area contributed by atoms with Crippen molar-refractivity contribution in [2.24, 2.45) is 5.92 Å². The van der Waals surface area contributed by atoms with E-state index in [1.54, 1.807) is 0 Å². The quantitative estimate of drug-likeness (QED) is 0.889. The first-order valence-electron chi connectivity index (χ1n) is 6.89. The van der Waals surface area contributed by atoms with Gasteiger partial charge in [-0.05, 0) is 43.4 Å². The molecule has 3 unspecified atom stereocenters. The van der Waals surface area contributed by atoms with Crippen molar-refractivity contribution in [2.75, 3.05) is 6.79 Å². The second kappa shape index (κ2) is 4.81. The maximum absolute atomic E-state index is 5.43. The Morgan fingerprint density at radius 1 is 1.22 bits per heavy atom. The predicted octanol–water partition coefficient (Wildman–Crippen LogP) is 3.25. The second-order valence-corrected chi connectivity index (χ2v) is 5.52. The van der Waals surface area contributed by atoms with Gasteiger partial charge in [-0.15, -0.1) is 0 Å². The van der Waals surface area contributed by atoms with Crippen LogP contribution in [0.4, 0.5) is 0 Å². The molecule has 1 fully saturated rings. The Morgan fingerprint density at radius 3 is 2.83 bits per heavy atom. The van der Waals surface area contributed by atoms with Crippen molar-refractivity contribution < 1.29 is 9.47 Å². The minimum absolute atomic E-state index is 0.347. The van der Waals surface area contributed by atoms with Crippen molar-refractivity contribution in [2.45, 2.75) is 45.2 Å². The molecule has 1 heterocycles. The molecule has 3 nitrogen and oxygen atoms in total. The minimum atomic E-state index is 0.347. The summed E-state index contributed by atoms with van der Waals surface area (Å²) in [6, 6.07) is 7.26. The standard InChI is InChI=1S/C15H21NO2/c1-10-4-3-5-13(10)16-11(2)12-6-7-14-15(8-12)18-9-17-14/h6-8,10-11,13,16H,3-5,9H2,1-2H3. The summed E-state index contributed by atoms with van der Waals surface area (Å²) in [4.78, 5) is 0. The fraction of sp³-hybridized carbons (Fsp3) is 0.600. The molecular weight excluding hydrogens is 226 g/mol. The van der Waals surface area contributed by atoms with E-state index in [0.717, 1.165) is 17.4 Å². The average molecular weight is 247 g/mol. The summed E-state index contributed by atoms with van der Waals surface area (Å²) in [7, 11) is 0. The van der Waals surface area contributed by atoms with E-state index in [9.17, 15) is 0 Å². The molecule has 1 aromatic carbocycles. The van der Waals surface area contributed by atoms with E-state index >= 15 is 0 Å². The van der Waals surface area contributed by atoms with Crippen molar-refractivity contribution in [1.82, 2.24) is 5.32 Å². The van der Waals surface area contributed by atoms with Crippen LogP contribution in [0.2, 0.25) is 0 Å². The zero-order chi connectivity index (χ0) is 12.5. The Hall–Kier alpha value is -1.22. The zero-order valence-electron chi connectivity index (χ0n) is 11.1. The third-order valence-electron chi connectivity index (χ3n) is 4.22. The Kier molecular flexibility index (Phi) is 3.16. The van der Waals surface area contributed by atoms with Gasteiger partial charge in [0.05, 0.1) is 0 Å². The van der Waals surface area contributed by atoms with E-state index in [4.69, 9.17) is 9.47 Å². The normalized spacial score (nSPS) is 27.4. The number of hydrogen-bond acceptors (Lipinski definition) is 3. The van der Waals surface area contributed by atoms with Crippen LogP contribution in [-0.4, -0.2) is 12.8 Å². The molecule has 0 spiro atoms. The highest BCUT2D eigenvalue weighted by atomic mass is 16.7. The molecule has 0 saturated heterocycles. The van der Waals surface area contributed by atoms with Crippen molar-refractivity contribution in [3.63, 3.8) is 0 Å². The van der Waals surface area contributed by atoms with Crippen molar-refractivity contribution >= 4 is 0 Å². The van der Waals surface area contributed by atoms with Gasteiger partial charge >= 0.3 is 0 Å². The summed E-state index contributed by atoms with van der Waals surface area (Å²) in [6.07, 6.45) is 4.01. The molecule has 0 amide bonds. The molecule has 3 atom stereocenters. The number of hydrogen-bond donors (Lipinski definition) is 1. The van der Waals surface area contributed by atoms with E-state index in [1.807, 2.05) is 6.07 Å². The van der Waals surface area contributed by atoms with Crippen LogP contribution in [-0.2, 0) is 0 Å². The molecular formula is C15H21NO2. The van der Waals surface area contributed by atoms with Crippen molar-refractivity contribution in [1.29, 1.82) is 0 Å². The Bertz CT molecular complexity index is 433. The number of nitrogens with one attached hydrogen (secondary N) is 1. The van der Waals surface area contributed by atoms with E-state index < -0.39 is 0 Å². The number of rotatable bonds is 3. The molecule has 1 aliphatic heterocycles. The molecule has 1 aromatic rings. The van der Waals surface area contributed by atoms with E-state index in [0.29, 0.717) is 18.9 Å². The highest BCUT2D eigenvalue weighted by molar-refractivity contribution is 5.45. The van der Waals surface area contributed by atoms with E-state index in [-0.39, 0.29) is 0 Å². The van der Waals surface area contributed by atoms with E-state index in [1.165, 1.54) is 24.8 Å². The summed E-state index contributed by atoms with van der Waals surface area (Å²) in [5.41, 5.74) is 1.28. The van der Waals surface area contributed by atoms with Crippen LogP contribution in [0.15, 0.2) is 18.2 Å². The zero-order valence-corrected chi connectivity index (χ0v) is 11.1. The highest BCUT2D eigenvalue weighted by Crippen LogP contribution is 2.35. The van der Waals surface area contributed by atoms with Gasteiger partial charge in [-0.25, -0.2) is 0 Å². The van der Waals surface area contributed by atoms with Crippen LogP contribution in [0.1, 0.15) is 44.7 Å². The van der Waals surface area contributed by atoms with Crippen LogP contribution in [0.3, 0.4) is 0 Å². The summed E-state index contributed by atoms with van der Waals surface area (Å²) in [5.74, 6) is 2.53.